The normalized spacial score (nSPS) is 9.77. The fourth-order valence-electron chi connectivity index (χ4n) is 1.39. The Morgan fingerprint density at radius 3 is 2.09 bits per heavy atom. The summed E-state index contributed by atoms with van der Waals surface area (Å²) in [4.78, 5) is 14.6. The van der Waals surface area contributed by atoms with E-state index in [1.54, 1.807) is 12.4 Å². The predicted molar refractivity (Wildman–Crippen MR) is 87.5 cm³/mol. The average molecular weight is 435 g/mol. The third kappa shape index (κ3) is 6.91. The number of nitrogens with zero attached hydrogens (tertiary/aromatic N) is 1. The Bertz CT molecular complexity index is 621. The number of benzene rings is 1. The van der Waals surface area contributed by atoms with Crippen molar-refractivity contribution in [2.45, 2.75) is 6.92 Å². The molecule has 0 saturated heterocycles. The van der Waals surface area contributed by atoms with Crippen molar-refractivity contribution in [3.05, 3.63) is 48.8 Å². The summed E-state index contributed by atoms with van der Waals surface area (Å²) in [7, 11) is 0. The number of halogens is 1. The molecule has 0 aliphatic heterocycles. The summed E-state index contributed by atoms with van der Waals surface area (Å²) in [6.07, 6.45) is 3.50. The van der Waals surface area contributed by atoms with E-state index in [-0.39, 0.29) is 32.8 Å². The first-order chi connectivity index (χ1) is 9.82. The summed E-state index contributed by atoms with van der Waals surface area (Å²) in [5.74, 6) is -0.880. The molecule has 0 fully saturated rings. The molecule has 1 amide bonds. The molecule has 4 N–H and O–H groups in total. The van der Waals surface area contributed by atoms with Crippen molar-refractivity contribution in [2.75, 3.05) is 5.32 Å². The molecular weight excluding hydrogens is 419 g/mol. The maximum atomic E-state index is 11.1. The third-order valence-electron chi connectivity index (χ3n) is 2.20. The Morgan fingerprint density at radius 1 is 1.14 bits per heavy atom. The van der Waals surface area contributed by atoms with Crippen molar-refractivity contribution in [2.24, 2.45) is 0 Å². The number of carbonyl (C=O) groups excluding carboxylic acids is 1. The number of para-hydroxylation sites is 1. The number of hydrogen-bond acceptors (Lipinski definition) is 4. The van der Waals surface area contributed by atoms with E-state index in [0.29, 0.717) is 0 Å². The molecule has 0 spiro atoms. The van der Waals surface area contributed by atoms with Gasteiger partial charge in [0.15, 0.2) is 0 Å². The van der Waals surface area contributed by atoms with Gasteiger partial charge >= 0.3 is 88.1 Å². The van der Waals surface area contributed by atoms with Gasteiger partial charge in [-0.05, 0) is 12.1 Å². The summed E-state index contributed by atoms with van der Waals surface area (Å²) in [6, 6.07) is 9.43. The van der Waals surface area contributed by atoms with Crippen molar-refractivity contribution in [3.8, 4) is 5.75 Å². The second-order valence-electron chi connectivity index (χ2n) is 3.92. The smallest absolute Gasteiger partial charge is 0.0267 e. The van der Waals surface area contributed by atoms with E-state index in [2.05, 4.69) is 10.3 Å². The molecule has 0 radical (unpaired) electrons. The molecule has 0 aliphatic carbocycles. The van der Waals surface area contributed by atoms with E-state index in [1.807, 2.05) is 18.2 Å². The van der Waals surface area contributed by atoms with E-state index in [0.717, 1.165) is 0 Å². The molecule has 2 rings (SSSR count). The molecule has 0 bridgehead atoms. The molecule has 1 heterocycles. The van der Waals surface area contributed by atoms with Gasteiger partial charge in [0, 0.05) is 12.4 Å². The standard InChI is InChI=1S/C8H10AsNO5.C5H5N.BrH/c1-5(11)10-8-6(9(13,14)15)3-2-4-7(8)12;1-2-4-6-5-3-1;/h2-4,12H,1H3,(H,10,11)(H2,13,14,15);1-5H;1H. The molecule has 0 unspecified atom stereocenters. The van der Waals surface area contributed by atoms with Gasteiger partial charge in [-0.25, -0.2) is 0 Å². The summed E-state index contributed by atoms with van der Waals surface area (Å²) in [6.45, 7) is 1.18. The predicted octanol–water partition coefficient (Wildman–Crippen LogP) is 0.571. The van der Waals surface area contributed by atoms with E-state index >= 15 is 0 Å². The van der Waals surface area contributed by atoms with Crippen molar-refractivity contribution in [3.63, 3.8) is 0 Å². The number of carbonyl (C=O) groups is 1. The molecule has 0 saturated carbocycles. The zero-order chi connectivity index (χ0) is 15.9. The van der Waals surface area contributed by atoms with Gasteiger partial charge in [0.25, 0.3) is 0 Å². The van der Waals surface area contributed by atoms with Crippen LogP contribution in [0, 0.1) is 0 Å². The Labute approximate surface area is 140 Å². The summed E-state index contributed by atoms with van der Waals surface area (Å²) in [5.41, 5.74) is -0.225. The zero-order valence-corrected chi connectivity index (χ0v) is 15.2. The number of phenols is 1. The minimum atomic E-state index is -5.14. The number of aromatic nitrogens is 1. The van der Waals surface area contributed by atoms with Gasteiger partial charge in [0.2, 0.25) is 0 Å². The molecule has 22 heavy (non-hydrogen) atoms. The fourth-order valence-corrected chi connectivity index (χ4v) is 2.94. The van der Waals surface area contributed by atoms with Crippen molar-refractivity contribution >= 4 is 47.1 Å². The van der Waals surface area contributed by atoms with Crippen LogP contribution in [0.4, 0.5) is 5.69 Å². The molecule has 9 heteroatoms. The molecular formula is C13H16AsBrN2O5. The van der Waals surface area contributed by atoms with Crippen LogP contribution >= 0.6 is 17.0 Å². The van der Waals surface area contributed by atoms with Gasteiger partial charge in [0.05, 0.1) is 0 Å². The Balaban J connectivity index is 0.000000529. The van der Waals surface area contributed by atoms with Crippen molar-refractivity contribution in [1.29, 1.82) is 0 Å². The number of aromatic hydroxyl groups is 1. The molecule has 120 valence electrons. The van der Waals surface area contributed by atoms with Crippen molar-refractivity contribution in [1.82, 2.24) is 4.98 Å². The van der Waals surface area contributed by atoms with Crippen LogP contribution in [0.1, 0.15) is 6.92 Å². The molecule has 0 atom stereocenters. The number of rotatable bonds is 2. The van der Waals surface area contributed by atoms with Crippen LogP contribution in [0.2, 0.25) is 0 Å². The molecule has 0 aliphatic rings. The Kier molecular flexibility index (Phi) is 8.74. The average Bonchev–Trinajstić information content (AvgIpc) is 2.42. The topological polar surface area (TPSA) is 120 Å². The number of hydrogen-bond donors (Lipinski definition) is 4. The SMILES string of the molecule is Br.CC(=O)Nc1c(O)cccc1[As](=O)(O)O.c1ccncc1. The van der Waals surface area contributed by atoms with Crippen LogP contribution in [0.3, 0.4) is 0 Å². The summed E-state index contributed by atoms with van der Waals surface area (Å²) >= 11 is -5.14. The first-order valence-electron chi connectivity index (χ1n) is 5.83. The fraction of sp³-hybridized carbons (Fsp3) is 0.0769. The molecule has 1 aromatic carbocycles. The first kappa shape index (κ1) is 20.4. The van der Waals surface area contributed by atoms with E-state index in [9.17, 15) is 13.6 Å². The second-order valence-corrected chi connectivity index (χ2v) is 7.21. The zero-order valence-electron chi connectivity index (χ0n) is 11.6. The number of anilines is 1. The van der Waals surface area contributed by atoms with E-state index in [4.69, 9.17) is 8.19 Å². The largest absolute Gasteiger partial charge is 0.265 e. The molecule has 1 aromatic heterocycles. The van der Waals surface area contributed by atoms with E-state index in [1.165, 1.54) is 25.1 Å². The minimum Gasteiger partial charge on any atom is -0.265 e. The number of amides is 1. The summed E-state index contributed by atoms with van der Waals surface area (Å²) in [5, 5.41) is 11.5. The quantitative estimate of drug-likeness (QED) is 0.405. The number of nitrogens with one attached hydrogen (secondary N) is 1. The monoisotopic (exact) mass is 434 g/mol. The van der Waals surface area contributed by atoms with Crippen LogP contribution in [0.25, 0.3) is 0 Å². The maximum absolute atomic E-state index is 11.1. The van der Waals surface area contributed by atoms with E-state index < -0.39 is 20.1 Å². The van der Waals surface area contributed by atoms with Crippen molar-refractivity contribution < 1.29 is 21.8 Å². The maximum Gasteiger partial charge on any atom is 0.0267 e. The van der Waals surface area contributed by atoms with Gasteiger partial charge in [-0.15, -0.1) is 17.0 Å². The Hall–Kier alpha value is -1.60. The number of phenolic OH excluding ortho intramolecular Hbond substituents is 1. The first-order valence-corrected chi connectivity index (χ1v) is 9.21. The summed E-state index contributed by atoms with van der Waals surface area (Å²) < 4.78 is 28.8. The van der Waals surface area contributed by atoms with Gasteiger partial charge in [-0.2, -0.15) is 0 Å². The van der Waals surface area contributed by atoms with Gasteiger partial charge in [0.1, 0.15) is 0 Å². The molecule has 7 nitrogen and oxygen atoms in total. The third-order valence-corrected chi connectivity index (χ3v) is 4.30. The minimum absolute atomic E-state index is 0. The Morgan fingerprint density at radius 2 is 1.73 bits per heavy atom. The van der Waals surface area contributed by atoms with Crippen LogP contribution in [-0.2, 0) is 8.53 Å². The van der Waals surface area contributed by atoms with Crippen LogP contribution in [0.5, 0.6) is 5.75 Å². The van der Waals surface area contributed by atoms with Gasteiger partial charge < -0.3 is 0 Å². The second kappa shape index (κ2) is 9.42. The molecule has 2 aromatic rings. The van der Waals surface area contributed by atoms with Crippen LogP contribution in [-0.4, -0.2) is 38.4 Å². The van der Waals surface area contributed by atoms with Gasteiger partial charge in [-0.3, -0.25) is 4.98 Å². The number of pyridine rings is 1. The van der Waals surface area contributed by atoms with Gasteiger partial charge in [-0.1, -0.05) is 6.07 Å². The van der Waals surface area contributed by atoms with Crippen LogP contribution in [0.15, 0.2) is 48.8 Å². The van der Waals surface area contributed by atoms with Crippen LogP contribution < -0.4 is 9.67 Å².